The summed E-state index contributed by atoms with van der Waals surface area (Å²) in [6, 6.07) is 0.514. The first-order chi connectivity index (χ1) is 3.43. The molecule has 5 heteroatoms. The normalized spacial score (nSPS) is 24.3. The Hall–Kier alpha value is 0.460. The Morgan fingerprint density at radius 1 is 1.44 bits per heavy atom. The number of nitrogens with one attached hydrogen (secondary N) is 2. The first-order valence-electron chi connectivity index (χ1n) is 2.60. The van der Waals surface area contributed by atoms with E-state index in [0.29, 0.717) is 6.04 Å². The van der Waals surface area contributed by atoms with E-state index in [-0.39, 0.29) is 24.8 Å². The zero-order valence-electron chi connectivity index (χ0n) is 5.09. The van der Waals surface area contributed by atoms with Crippen molar-refractivity contribution in [3.8, 4) is 0 Å². The highest BCUT2D eigenvalue weighted by Gasteiger charge is 2.10. The van der Waals surface area contributed by atoms with Crippen molar-refractivity contribution in [2.45, 2.75) is 12.5 Å². The maximum Gasteiger partial charge on any atom is 0.0347 e. The van der Waals surface area contributed by atoms with Crippen LogP contribution in [-0.2, 0) is 0 Å². The van der Waals surface area contributed by atoms with Gasteiger partial charge >= 0.3 is 0 Å². The van der Waals surface area contributed by atoms with Crippen molar-refractivity contribution in [3.63, 3.8) is 0 Å². The third-order valence-electron chi connectivity index (χ3n) is 1.30. The van der Waals surface area contributed by atoms with Gasteiger partial charge in [-0.3, -0.25) is 11.3 Å². The van der Waals surface area contributed by atoms with Crippen LogP contribution < -0.4 is 16.6 Å². The summed E-state index contributed by atoms with van der Waals surface area (Å²) in [6.07, 6.45) is 1.16. The summed E-state index contributed by atoms with van der Waals surface area (Å²) < 4.78 is 0. The fraction of sp³-hybridized carbons (Fsp3) is 1.00. The molecule has 3 nitrogen and oxygen atoms in total. The second-order valence-corrected chi connectivity index (χ2v) is 1.86. The van der Waals surface area contributed by atoms with Crippen molar-refractivity contribution >= 4 is 24.8 Å². The molecule has 58 valence electrons. The van der Waals surface area contributed by atoms with Crippen LogP contribution in [0.1, 0.15) is 6.42 Å². The second kappa shape index (κ2) is 6.58. The molecule has 0 aliphatic carbocycles. The zero-order valence-corrected chi connectivity index (χ0v) is 6.73. The molecule has 0 unspecified atom stereocenters. The summed E-state index contributed by atoms with van der Waals surface area (Å²) >= 11 is 0. The molecule has 4 N–H and O–H groups in total. The summed E-state index contributed by atoms with van der Waals surface area (Å²) in [6.45, 7) is 2.13. The van der Waals surface area contributed by atoms with Crippen LogP contribution in [0.4, 0.5) is 0 Å². The van der Waals surface area contributed by atoms with E-state index in [1.807, 2.05) is 0 Å². The number of rotatable bonds is 1. The van der Waals surface area contributed by atoms with Gasteiger partial charge in [0, 0.05) is 12.6 Å². The predicted molar refractivity (Wildman–Crippen MR) is 43.1 cm³/mol. The maximum absolute atomic E-state index is 5.14. The van der Waals surface area contributed by atoms with Crippen molar-refractivity contribution < 1.29 is 0 Å². The number of hydrogen-bond acceptors (Lipinski definition) is 3. The van der Waals surface area contributed by atoms with Crippen LogP contribution in [0.2, 0.25) is 0 Å². The minimum Gasteiger partial charge on any atom is -0.315 e. The predicted octanol–water partition coefficient (Wildman–Crippen LogP) is -0.345. The summed E-state index contributed by atoms with van der Waals surface area (Å²) in [7, 11) is 0. The van der Waals surface area contributed by atoms with Gasteiger partial charge in [-0.25, -0.2) is 0 Å². The summed E-state index contributed by atoms with van der Waals surface area (Å²) in [5.41, 5.74) is 2.70. The molecular weight excluding hydrogens is 161 g/mol. The molecule has 1 aliphatic heterocycles. The van der Waals surface area contributed by atoms with Crippen LogP contribution in [-0.4, -0.2) is 19.1 Å². The lowest BCUT2D eigenvalue weighted by Gasteiger charge is -2.02. The van der Waals surface area contributed by atoms with Gasteiger partial charge in [0.2, 0.25) is 0 Å². The monoisotopic (exact) mass is 173 g/mol. The fourth-order valence-corrected chi connectivity index (χ4v) is 0.797. The molecule has 0 aromatic rings. The fourth-order valence-electron chi connectivity index (χ4n) is 0.797. The Morgan fingerprint density at radius 3 is 2.33 bits per heavy atom. The Kier molecular flexibility index (Phi) is 8.89. The molecule has 1 atom stereocenters. The van der Waals surface area contributed by atoms with Crippen LogP contribution in [0.25, 0.3) is 0 Å². The van der Waals surface area contributed by atoms with Gasteiger partial charge in [-0.2, -0.15) is 0 Å². The summed E-state index contributed by atoms with van der Waals surface area (Å²) in [5, 5.41) is 3.18. The standard InChI is InChI=1S/C4H11N3.2ClH/c5-7-4-1-2-6-3-4;;/h4,6-7H,1-3,5H2;2*1H/t4-;;/m0../s1. The van der Waals surface area contributed by atoms with Crippen LogP contribution in [0.3, 0.4) is 0 Å². The topological polar surface area (TPSA) is 50.1 Å². The Labute approximate surface area is 67.5 Å². The minimum atomic E-state index is 0. The Morgan fingerprint density at radius 2 is 2.11 bits per heavy atom. The Balaban J connectivity index is 0. The average Bonchev–Trinajstić information content (AvgIpc) is 2.14. The zero-order chi connectivity index (χ0) is 5.11. The van der Waals surface area contributed by atoms with E-state index in [1.54, 1.807) is 0 Å². The molecule has 0 spiro atoms. The highest BCUT2D eigenvalue weighted by molar-refractivity contribution is 5.85. The van der Waals surface area contributed by atoms with Crippen LogP contribution in [0.15, 0.2) is 0 Å². The molecule has 0 aromatic carbocycles. The highest BCUT2D eigenvalue weighted by Crippen LogP contribution is 1.92. The summed E-state index contributed by atoms with van der Waals surface area (Å²) in [5.74, 6) is 5.14. The quantitative estimate of drug-likeness (QED) is 0.376. The number of halogens is 2. The average molecular weight is 174 g/mol. The van der Waals surface area contributed by atoms with Gasteiger partial charge in [0.1, 0.15) is 0 Å². The number of nitrogens with two attached hydrogens (primary N) is 1. The smallest absolute Gasteiger partial charge is 0.0347 e. The third-order valence-corrected chi connectivity index (χ3v) is 1.30. The molecule has 1 rings (SSSR count). The van der Waals surface area contributed by atoms with Crippen LogP contribution in [0, 0.1) is 0 Å². The van der Waals surface area contributed by atoms with Gasteiger partial charge in [0.15, 0.2) is 0 Å². The lowest BCUT2D eigenvalue weighted by atomic mass is 10.3. The van der Waals surface area contributed by atoms with Crippen LogP contribution in [0.5, 0.6) is 0 Å². The van der Waals surface area contributed by atoms with Gasteiger partial charge in [-0.1, -0.05) is 0 Å². The van der Waals surface area contributed by atoms with Gasteiger partial charge in [-0.15, -0.1) is 24.8 Å². The first kappa shape index (κ1) is 12.2. The molecule has 0 saturated carbocycles. The maximum atomic E-state index is 5.14. The van der Waals surface area contributed by atoms with E-state index in [0.717, 1.165) is 19.5 Å². The van der Waals surface area contributed by atoms with Gasteiger partial charge in [-0.05, 0) is 13.0 Å². The van der Waals surface area contributed by atoms with E-state index >= 15 is 0 Å². The van der Waals surface area contributed by atoms with Crippen molar-refractivity contribution in [3.05, 3.63) is 0 Å². The van der Waals surface area contributed by atoms with E-state index in [4.69, 9.17) is 5.84 Å². The van der Waals surface area contributed by atoms with Gasteiger partial charge < -0.3 is 5.32 Å². The summed E-state index contributed by atoms with van der Waals surface area (Å²) in [4.78, 5) is 0. The molecule has 0 aromatic heterocycles. The van der Waals surface area contributed by atoms with E-state index in [9.17, 15) is 0 Å². The highest BCUT2D eigenvalue weighted by atomic mass is 35.5. The minimum absolute atomic E-state index is 0. The number of hydrazine groups is 1. The Bertz CT molecular complexity index is 55.8. The molecule has 1 heterocycles. The molecule has 9 heavy (non-hydrogen) atoms. The van der Waals surface area contributed by atoms with Gasteiger partial charge in [0.05, 0.1) is 0 Å². The van der Waals surface area contributed by atoms with E-state index in [2.05, 4.69) is 10.7 Å². The van der Waals surface area contributed by atoms with Crippen molar-refractivity contribution in [2.75, 3.05) is 13.1 Å². The lowest BCUT2D eigenvalue weighted by Crippen LogP contribution is -2.36. The third kappa shape index (κ3) is 3.95. The van der Waals surface area contributed by atoms with Crippen molar-refractivity contribution in [2.24, 2.45) is 5.84 Å². The van der Waals surface area contributed by atoms with Crippen molar-refractivity contribution in [1.82, 2.24) is 10.7 Å². The van der Waals surface area contributed by atoms with E-state index in [1.165, 1.54) is 0 Å². The number of hydrogen-bond donors (Lipinski definition) is 3. The molecule has 0 bridgehead atoms. The first-order valence-corrected chi connectivity index (χ1v) is 2.60. The largest absolute Gasteiger partial charge is 0.315 e. The molecular formula is C4H13Cl2N3. The van der Waals surface area contributed by atoms with E-state index < -0.39 is 0 Å². The lowest BCUT2D eigenvalue weighted by molar-refractivity contribution is 0.570. The van der Waals surface area contributed by atoms with Gasteiger partial charge in [0.25, 0.3) is 0 Å². The molecule has 1 saturated heterocycles. The molecule has 1 fully saturated rings. The SMILES string of the molecule is Cl.Cl.NN[C@H]1CCNC1. The second-order valence-electron chi connectivity index (χ2n) is 1.86. The van der Waals surface area contributed by atoms with Crippen molar-refractivity contribution in [1.29, 1.82) is 0 Å². The molecule has 0 radical (unpaired) electrons. The molecule has 0 amide bonds. The van der Waals surface area contributed by atoms with Crippen LogP contribution >= 0.6 is 24.8 Å². The molecule has 1 aliphatic rings.